The standard InChI is InChI=1S/3C11H17NO2.Fe/c3*1-3-4-5-7-12-8-6-10(13)11(14)9(12)2;/h3*6,8,14H,3-5,7H2,1-2H3;. The van der Waals surface area contributed by atoms with Crippen LogP contribution in [0.4, 0.5) is 0 Å². The maximum atomic E-state index is 11.1. The van der Waals surface area contributed by atoms with Gasteiger partial charge in [-0.3, -0.25) is 14.4 Å². The molecular formula is C33H51FeN3O6. The van der Waals surface area contributed by atoms with E-state index >= 15 is 0 Å². The predicted molar refractivity (Wildman–Crippen MR) is 170 cm³/mol. The maximum absolute atomic E-state index is 11.1. The molecular weight excluding hydrogens is 590 g/mol. The van der Waals surface area contributed by atoms with Crippen LogP contribution in [0.5, 0.6) is 17.2 Å². The Morgan fingerprint density at radius 2 is 0.721 bits per heavy atom. The molecule has 43 heavy (non-hydrogen) atoms. The number of nitrogens with zero attached hydrogens (tertiary/aromatic N) is 3. The molecule has 0 saturated heterocycles. The zero-order chi connectivity index (χ0) is 31.7. The number of unbranched alkanes of at least 4 members (excludes halogenated alkanes) is 6. The van der Waals surface area contributed by atoms with E-state index in [-0.39, 0.29) is 50.6 Å². The summed E-state index contributed by atoms with van der Waals surface area (Å²) >= 11 is 0. The summed E-state index contributed by atoms with van der Waals surface area (Å²) in [6.07, 6.45) is 15.5. The summed E-state index contributed by atoms with van der Waals surface area (Å²) in [6.45, 7) is 14.4. The van der Waals surface area contributed by atoms with Crippen molar-refractivity contribution in [3.05, 3.63) is 84.5 Å². The molecule has 3 N–H and O–H groups in total. The smallest absolute Gasteiger partial charge is 0.223 e. The second-order valence-electron chi connectivity index (χ2n) is 10.5. The SMILES string of the molecule is CCCCCn1ccc(=O)c(O)c1C.CCCCCn1ccc(=O)c(O)c1C.CCCCCn1ccc(=O)c(O)c1C.[Fe]. The van der Waals surface area contributed by atoms with Crippen molar-refractivity contribution in [2.45, 2.75) is 119 Å². The quantitative estimate of drug-likeness (QED) is 0.161. The molecule has 3 aromatic heterocycles. The number of aromatic hydroxyl groups is 3. The molecule has 0 aliphatic heterocycles. The van der Waals surface area contributed by atoms with Crippen molar-refractivity contribution in [2.24, 2.45) is 0 Å². The van der Waals surface area contributed by atoms with Gasteiger partial charge in [-0.05, 0) is 40.0 Å². The van der Waals surface area contributed by atoms with Crippen molar-refractivity contribution in [3.8, 4) is 17.2 Å². The van der Waals surface area contributed by atoms with Gasteiger partial charge >= 0.3 is 0 Å². The molecule has 0 radical (unpaired) electrons. The summed E-state index contributed by atoms with van der Waals surface area (Å²) in [7, 11) is 0. The molecule has 0 aromatic carbocycles. The zero-order valence-electron chi connectivity index (χ0n) is 26.7. The van der Waals surface area contributed by atoms with E-state index in [0.29, 0.717) is 17.1 Å². The van der Waals surface area contributed by atoms with Crippen LogP contribution in [0.25, 0.3) is 0 Å². The first-order valence-electron chi connectivity index (χ1n) is 15.2. The summed E-state index contributed by atoms with van der Waals surface area (Å²) in [5.41, 5.74) is 1.09. The summed E-state index contributed by atoms with van der Waals surface area (Å²) in [6, 6.07) is 4.23. The van der Waals surface area contributed by atoms with Crippen LogP contribution in [0.2, 0.25) is 0 Å². The van der Waals surface area contributed by atoms with Crippen LogP contribution >= 0.6 is 0 Å². The van der Waals surface area contributed by atoms with E-state index in [0.717, 1.165) is 38.9 Å². The van der Waals surface area contributed by atoms with Gasteiger partial charge in [0.1, 0.15) is 0 Å². The number of aromatic nitrogens is 3. The molecule has 0 spiro atoms. The molecule has 0 aliphatic rings. The molecule has 0 amide bonds. The number of rotatable bonds is 12. The van der Waals surface area contributed by atoms with E-state index in [1.807, 2.05) is 13.7 Å². The van der Waals surface area contributed by atoms with E-state index < -0.39 is 0 Å². The van der Waals surface area contributed by atoms with Crippen molar-refractivity contribution >= 4 is 0 Å². The third-order valence-electron chi connectivity index (χ3n) is 7.25. The van der Waals surface area contributed by atoms with Crippen molar-refractivity contribution < 1.29 is 32.4 Å². The topological polar surface area (TPSA) is 127 Å². The maximum Gasteiger partial charge on any atom is 0.223 e. The minimum absolute atomic E-state index is 0. The summed E-state index contributed by atoms with van der Waals surface area (Å²) in [5.74, 6) is -0.364. The second kappa shape index (κ2) is 21.5. The van der Waals surface area contributed by atoms with E-state index in [1.54, 1.807) is 39.4 Å². The molecule has 0 bridgehead atoms. The Labute approximate surface area is 266 Å². The molecule has 242 valence electrons. The third-order valence-corrected chi connectivity index (χ3v) is 7.25. The van der Waals surface area contributed by atoms with Gasteiger partial charge in [0.2, 0.25) is 16.3 Å². The fourth-order valence-electron chi connectivity index (χ4n) is 4.31. The monoisotopic (exact) mass is 641 g/mol. The van der Waals surface area contributed by atoms with Crippen LogP contribution in [-0.4, -0.2) is 29.0 Å². The van der Waals surface area contributed by atoms with Crippen LogP contribution in [0.15, 0.2) is 51.2 Å². The first-order chi connectivity index (χ1) is 20.0. The van der Waals surface area contributed by atoms with Gasteiger partial charge in [0, 0.05) is 73.5 Å². The molecule has 9 nitrogen and oxygen atoms in total. The third kappa shape index (κ3) is 13.3. The molecule has 0 atom stereocenters. The van der Waals surface area contributed by atoms with Gasteiger partial charge in [0.15, 0.2) is 17.2 Å². The van der Waals surface area contributed by atoms with Crippen LogP contribution in [0.3, 0.4) is 0 Å². The van der Waals surface area contributed by atoms with Crippen LogP contribution in [0, 0.1) is 20.8 Å². The molecule has 3 heterocycles. The van der Waals surface area contributed by atoms with Crippen molar-refractivity contribution in [3.63, 3.8) is 0 Å². The van der Waals surface area contributed by atoms with Crippen molar-refractivity contribution in [1.29, 1.82) is 0 Å². The minimum Gasteiger partial charge on any atom is -0.503 e. The Morgan fingerprint density at radius 3 is 0.930 bits per heavy atom. The number of pyridine rings is 3. The molecule has 0 fully saturated rings. The van der Waals surface area contributed by atoms with E-state index in [9.17, 15) is 29.7 Å². The van der Waals surface area contributed by atoms with Gasteiger partial charge in [-0.25, -0.2) is 0 Å². The van der Waals surface area contributed by atoms with E-state index in [1.165, 1.54) is 56.7 Å². The van der Waals surface area contributed by atoms with Crippen LogP contribution in [-0.2, 0) is 36.7 Å². The first-order valence-corrected chi connectivity index (χ1v) is 15.2. The molecule has 3 rings (SSSR count). The summed E-state index contributed by atoms with van der Waals surface area (Å²) in [5, 5.41) is 28.2. The van der Waals surface area contributed by atoms with E-state index in [2.05, 4.69) is 20.8 Å². The number of aryl methyl sites for hydroxylation is 3. The fourth-order valence-corrected chi connectivity index (χ4v) is 4.31. The van der Waals surface area contributed by atoms with Crippen molar-refractivity contribution in [2.75, 3.05) is 0 Å². The first kappa shape index (κ1) is 39.8. The Kier molecular flexibility index (Phi) is 19.8. The molecule has 0 aliphatic carbocycles. The zero-order valence-corrected chi connectivity index (χ0v) is 27.8. The predicted octanol–water partition coefficient (Wildman–Crippen LogP) is 6.16. The second-order valence-corrected chi connectivity index (χ2v) is 10.5. The molecule has 0 saturated carbocycles. The Balaban J connectivity index is 0.000000608. The Hall–Kier alpha value is -3.23. The average molecular weight is 642 g/mol. The minimum atomic E-state index is -0.297. The molecule has 10 heteroatoms. The normalized spacial score (nSPS) is 10.2. The molecule has 0 unspecified atom stereocenters. The van der Waals surface area contributed by atoms with Gasteiger partial charge in [-0.15, -0.1) is 0 Å². The Bertz CT molecular complexity index is 1240. The summed E-state index contributed by atoms with van der Waals surface area (Å²) in [4.78, 5) is 33.2. The van der Waals surface area contributed by atoms with Crippen LogP contribution < -0.4 is 16.3 Å². The largest absolute Gasteiger partial charge is 0.503 e. The van der Waals surface area contributed by atoms with Gasteiger partial charge in [-0.1, -0.05) is 59.3 Å². The average Bonchev–Trinajstić information content (AvgIpc) is 2.98. The van der Waals surface area contributed by atoms with Gasteiger partial charge in [0.25, 0.3) is 0 Å². The number of hydrogen-bond donors (Lipinski definition) is 3. The molecule has 3 aromatic rings. The number of hydrogen-bond acceptors (Lipinski definition) is 6. The van der Waals surface area contributed by atoms with Gasteiger partial charge in [0.05, 0.1) is 17.1 Å². The summed E-state index contributed by atoms with van der Waals surface area (Å²) < 4.78 is 5.77. The van der Waals surface area contributed by atoms with Crippen molar-refractivity contribution in [1.82, 2.24) is 13.7 Å². The van der Waals surface area contributed by atoms with E-state index in [4.69, 9.17) is 0 Å². The fraction of sp³-hybridized carbons (Fsp3) is 0.545. The van der Waals surface area contributed by atoms with Gasteiger partial charge in [-0.2, -0.15) is 0 Å². The Morgan fingerprint density at radius 1 is 0.488 bits per heavy atom. The van der Waals surface area contributed by atoms with Crippen LogP contribution in [0.1, 0.15) is 95.6 Å². The van der Waals surface area contributed by atoms with Gasteiger partial charge < -0.3 is 29.0 Å².